The van der Waals surface area contributed by atoms with Crippen LogP contribution in [0.5, 0.6) is 0 Å². The third-order valence-electron chi connectivity index (χ3n) is 1.73. The van der Waals surface area contributed by atoms with Crippen molar-refractivity contribution in [2.75, 3.05) is 0 Å². The Morgan fingerprint density at radius 3 is 2.07 bits per heavy atom. The van der Waals surface area contributed by atoms with Crippen molar-refractivity contribution in [3.8, 4) is 0 Å². The first-order valence-electron chi connectivity index (χ1n) is 3.70. The lowest BCUT2D eigenvalue weighted by atomic mass is 10.2. The molecule has 0 atom stereocenters. The van der Waals surface area contributed by atoms with Gasteiger partial charge in [-0.3, -0.25) is 0 Å². The zero-order valence-electron chi connectivity index (χ0n) is 7.64. The van der Waals surface area contributed by atoms with Gasteiger partial charge in [-0.05, 0) is 30.7 Å². The van der Waals surface area contributed by atoms with E-state index in [1.165, 1.54) is 6.92 Å². The van der Waals surface area contributed by atoms with Crippen LogP contribution in [0.25, 0.3) is 0 Å². The van der Waals surface area contributed by atoms with Gasteiger partial charge in [-0.2, -0.15) is 0 Å². The molecule has 1 rings (SSSR count). The molecule has 0 aliphatic heterocycles. The summed E-state index contributed by atoms with van der Waals surface area (Å²) in [5.41, 5.74) is 0.235. The van der Waals surface area contributed by atoms with Gasteiger partial charge in [0.15, 0.2) is 0 Å². The van der Waals surface area contributed by atoms with Gasteiger partial charge < -0.3 is 0 Å². The maximum Gasteiger partial charge on any atom is 0.261 e. The first-order chi connectivity index (χ1) is 6.62. The Bertz CT molecular complexity index is 591. The van der Waals surface area contributed by atoms with Gasteiger partial charge >= 0.3 is 0 Å². The van der Waals surface area contributed by atoms with Crippen LogP contribution in [0.3, 0.4) is 0 Å². The second kappa shape index (κ2) is 3.75. The van der Waals surface area contributed by atoms with Crippen LogP contribution >= 0.6 is 10.7 Å². The number of aryl methyl sites for hydroxylation is 1. The Labute approximate surface area is 92.3 Å². The summed E-state index contributed by atoms with van der Waals surface area (Å²) < 4.78 is 43.9. The van der Waals surface area contributed by atoms with E-state index >= 15 is 0 Å². The molecule has 0 aromatic heterocycles. The molecule has 84 valence electrons. The molecule has 1 aromatic rings. The van der Waals surface area contributed by atoms with Crippen LogP contribution in [0, 0.1) is 6.92 Å². The molecule has 0 fully saturated rings. The average Bonchev–Trinajstić information content (AvgIpc) is 1.99. The summed E-state index contributed by atoms with van der Waals surface area (Å²) in [4.78, 5) is -0.277. The number of hydrogen-bond donors (Lipinski definition) is 1. The van der Waals surface area contributed by atoms with E-state index in [0.717, 1.165) is 18.2 Å². The van der Waals surface area contributed by atoms with Crippen LogP contribution < -0.4 is 5.14 Å². The first kappa shape index (κ1) is 12.4. The van der Waals surface area contributed by atoms with Gasteiger partial charge in [0, 0.05) is 10.7 Å². The van der Waals surface area contributed by atoms with Gasteiger partial charge in [0.1, 0.15) is 0 Å². The molecular weight excluding hydrogens is 262 g/mol. The summed E-state index contributed by atoms with van der Waals surface area (Å²) in [5.74, 6) is 0. The van der Waals surface area contributed by atoms with Gasteiger partial charge in [0.05, 0.1) is 9.79 Å². The minimum atomic E-state index is -3.85. The first-order valence-corrected chi connectivity index (χ1v) is 7.56. The maximum absolute atomic E-state index is 11.0. The van der Waals surface area contributed by atoms with Crippen LogP contribution in [-0.4, -0.2) is 16.8 Å². The smallest absolute Gasteiger partial charge is 0.225 e. The number of primary sulfonamides is 1. The second-order valence-electron chi connectivity index (χ2n) is 2.91. The Morgan fingerprint density at radius 2 is 1.73 bits per heavy atom. The molecule has 0 bridgehead atoms. The standard InChI is InChI=1S/C7H8ClNO4S2/c1-5-4-6(14(8,10)11)2-3-7(5)15(9,12)13/h2-4H,1H3,(H2,9,12,13). The van der Waals surface area contributed by atoms with Crippen molar-refractivity contribution in [3.63, 3.8) is 0 Å². The van der Waals surface area contributed by atoms with E-state index in [9.17, 15) is 16.8 Å². The Hall–Kier alpha value is -0.630. The predicted molar refractivity (Wildman–Crippen MR) is 55.6 cm³/mol. The number of sulfonamides is 1. The highest BCUT2D eigenvalue weighted by Crippen LogP contribution is 2.20. The Morgan fingerprint density at radius 1 is 1.20 bits per heavy atom. The van der Waals surface area contributed by atoms with E-state index in [4.69, 9.17) is 15.8 Å². The fourth-order valence-electron chi connectivity index (χ4n) is 1.09. The van der Waals surface area contributed by atoms with Crippen molar-refractivity contribution < 1.29 is 16.8 Å². The van der Waals surface area contributed by atoms with Crippen LogP contribution in [0.2, 0.25) is 0 Å². The Kier molecular flexibility index (Phi) is 3.11. The number of nitrogens with two attached hydrogens (primary N) is 1. The molecular formula is C7H8ClNO4S2. The van der Waals surface area contributed by atoms with Crippen LogP contribution in [0.15, 0.2) is 28.0 Å². The molecule has 0 unspecified atom stereocenters. The zero-order chi connectivity index (χ0) is 11.9. The summed E-state index contributed by atoms with van der Waals surface area (Å²) >= 11 is 0. The molecule has 0 spiro atoms. The van der Waals surface area contributed by atoms with Gasteiger partial charge in [-0.25, -0.2) is 22.0 Å². The van der Waals surface area contributed by atoms with E-state index in [2.05, 4.69) is 0 Å². The van der Waals surface area contributed by atoms with Crippen molar-refractivity contribution in [1.82, 2.24) is 0 Å². The molecule has 0 aliphatic carbocycles. The summed E-state index contributed by atoms with van der Waals surface area (Å²) in [5, 5.41) is 4.91. The van der Waals surface area contributed by atoms with E-state index < -0.39 is 19.1 Å². The minimum Gasteiger partial charge on any atom is -0.225 e. The lowest BCUT2D eigenvalue weighted by Gasteiger charge is -2.04. The van der Waals surface area contributed by atoms with Gasteiger partial charge in [0.25, 0.3) is 9.05 Å². The molecule has 0 saturated heterocycles. The third-order valence-corrected chi connectivity index (χ3v) is 4.16. The summed E-state index contributed by atoms with van der Waals surface area (Å²) in [6, 6.07) is 3.36. The highest BCUT2D eigenvalue weighted by molar-refractivity contribution is 8.13. The fourth-order valence-corrected chi connectivity index (χ4v) is 2.69. The molecule has 0 saturated carbocycles. The maximum atomic E-state index is 11.0. The largest absolute Gasteiger partial charge is 0.261 e. The molecule has 5 nitrogen and oxygen atoms in total. The number of benzene rings is 1. The topological polar surface area (TPSA) is 94.3 Å². The monoisotopic (exact) mass is 269 g/mol. The summed E-state index contributed by atoms with van der Waals surface area (Å²) in [6.45, 7) is 1.44. The molecule has 0 amide bonds. The number of hydrogen-bond acceptors (Lipinski definition) is 4. The molecule has 0 radical (unpaired) electrons. The van der Waals surface area contributed by atoms with Crippen molar-refractivity contribution in [1.29, 1.82) is 0 Å². The van der Waals surface area contributed by atoms with E-state index in [1.54, 1.807) is 0 Å². The molecule has 8 heteroatoms. The van der Waals surface area contributed by atoms with Gasteiger partial charge in [0.2, 0.25) is 10.0 Å². The van der Waals surface area contributed by atoms with E-state index in [-0.39, 0.29) is 15.4 Å². The molecule has 0 aliphatic rings. The highest BCUT2D eigenvalue weighted by atomic mass is 35.7. The summed E-state index contributed by atoms with van der Waals surface area (Å²) in [7, 11) is -2.60. The van der Waals surface area contributed by atoms with E-state index in [0.29, 0.717) is 0 Å². The zero-order valence-corrected chi connectivity index (χ0v) is 10.0. The normalized spacial score (nSPS) is 12.7. The van der Waals surface area contributed by atoms with Crippen molar-refractivity contribution in [2.24, 2.45) is 5.14 Å². The number of halogens is 1. The third kappa shape index (κ3) is 2.91. The van der Waals surface area contributed by atoms with Crippen LogP contribution in [0.4, 0.5) is 0 Å². The lowest BCUT2D eigenvalue weighted by Crippen LogP contribution is -2.13. The number of rotatable bonds is 2. The average molecular weight is 270 g/mol. The Balaban J connectivity index is 3.47. The van der Waals surface area contributed by atoms with Crippen LogP contribution in [-0.2, 0) is 19.1 Å². The lowest BCUT2D eigenvalue weighted by molar-refractivity contribution is 0.596. The molecule has 15 heavy (non-hydrogen) atoms. The van der Waals surface area contributed by atoms with Gasteiger partial charge in [-0.1, -0.05) is 0 Å². The van der Waals surface area contributed by atoms with Crippen molar-refractivity contribution in [3.05, 3.63) is 23.8 Å². The SMILES string of the molecule is Cc1cc(S(=O)(=O)Cl)ccc1S(N)(=O)=O. The second-order valence-corrected chi connectivity index (χ2v) is 7.01. The minimum absolute atomic E-state index is 0.119. The highest BCUT2D eigenvalue weighted by Gasteiger charge is 2.15. The van der Waals surface area contributed by atoms with Crippen molar-refractivity contribution in [2.45, 2.75) is 16.7 Å². The fraction of sp³-hybridized carbons (Fsp3) is 0.143. The summed E-state index contributed by atoms with van der Waals surface area (Å²) in [6.07, 6.45) is 0. The molecule has 0 heterocycles. The van der Waals surface area contributed by atoms with Gasteiger partial charge in [-0.15, -0.1) is 0 Å². The van der Waals surface area contributed by atoms with Crippen molar-refractivity contribution >= 4 is 29.8 Å². The molecule has 1 aromatic carbocycles. The quantitative estimate of drug-likeness (QED) is 0.794. The molecule has 2 N–H and O–H groups in total. The predicted octanol–water partition coefficient (Wildman–Crippen LogP) is 0.570. The van der Waals surface area contributed by atoms with E-state index in [1.807, 2.05) is 0 Å². The van der Waals surface area contributed by atoms with Crippen LogP contribution in [0.1, 0.15) is 5.56 Å².